The number of thioether (sulfide) groups is 1. The van der Waals surface area contributed by atoms with Gasteiger partial charge in [-0.25, -0.2) is 4.68 Å². The molecule has 0 amide bonds. The summed E-state index contributed by atoms with van der Waals surface area (Å²) >= 11 is 1.64. The van der Waals surface area contributed by atoms with E-state index in [0.29, 0.717) is 5.95 Å². The van der Waals surface area contributed by atoms with Crippen LogP contribution in [-0.2, 0) is 0 Å². The second-order valence-corrected chi connectivity index (χ2v) is 5.00. The van der Waals surface area contributed by atoms with Gasteiger partial charge in [0.05, 0.1) is 5.69 Å². The monoisotopic (exact) mass is 248 g/mol. The van der Waals surface area contributed by atoms with E-state index >= 15 is 0 Å². The van der Waals surface area contributed by atoms with E-state index in [0.717, 1.165) is 28.0 Å². The SMILES string of the molecule is CC1=Nn2c(nnc2-n2nc(C)cc2C)SC1. The van der Waals surface area contributed by atoms with Crippen molar-refractivity contribution in [3.63, 3.8) is 0 Å². The lowest BCUT2D eigenvalue weighted by Gasteiger charge is -2.10. The predicted molar refractivity (Wildman–Crippen MR) is 65.8 cm³/mol. The Kier molecular flexibility index (Phi) is 2.29. The molecule has 0 N–H and O–H groups in total. The maximum Gasteiger partial charge on any atom is 0.274 e. The second-order valence-electron chi connectivity index (χ2n) is 4.06. The summed E-state index contributed by atoms with van der Waals surface area (Å²) in [7, 11) is 0. The molecular formula is C10H12N6S. The van der Waals surface area contributed by atoms with E-state index in [1.165, 1.54) is 0 Å². The molecule has 6 nitrogen and oxygen atoms in total. The van der Waals surface area contributed by atoms with Crippen LogP contribution in [0, 0.1) is 13.8 Å². The molecule has 7 heteroatoms. The van der Waals surface area contributed by atoms with Crippen molar-refractivity contribution >= 4 is 17.5 Å². The molecule has 0 radical (unpaired) electrons. The lowest BCUT2D eigenvalue weighted by molar-refractivity contribution is 0.681. The Balaban J connectivity index is 2.18. The molecular weight excluding hydrogens is 236 g/mol. The quantitative estimate of drug-likeness (QED) is 0.765. The molecule has 2 aromatic rings. The van der Waals surface area contributed by atoms with Crippen molar-refractivity contribution < 1.29 is 0 Å². The van der Waals surface area contributed by atoms with Crippen LogP contribution in [0.2, 0.25) is 0 Å². The largest absolute Gasteiger partial charge is 0.274 e. The van der Waals surface area contributed by atoms with E-state index in [-0.39, 0.29) is 0 Å². The van der Waals surface area contributed by atoms with E-state index in [4.69, 9.17) is 0 Å². The summed E-state index contributed by atoms with van der Waals surface area (Å²) in [6.45, 7) is 5.95. The minimum absolute atomic E-state index is 0.650. The Hall–Kier alpha value is -1.63. The Bertz CT molecular complexity index is 608. The Morgan fingerprint density at radius 1 is 1.24 bits per heavy atom. The van der Waals surface area contributed by atoms with Crippen LogP contribution < -0.4 is 0 Å². The van der Waals surface area contributed by atoms with Crippen LogP contribution in [0.4, 0.5) is 0 Å². The first-order valence-corrected chi connectivity index (χ1v) is 6.30. The summed E-state index contributed by atoms with van der Waals surface area (Å²) in [5.41, 5.74) is 3.05. The average molecular weight is 248 g/mol. The molecule has 0 spiro atoms. The van der Waals surface area contributed by atoms with Gasteiger partial charge in [-0.05, 0) is 26.8 Å². The fraction of sp³-hybridized carbons (Fsp3) is 0.400. The van der Waals surface area contributed by atoms with Crippen molar-refractivity contribution in [2.24, 2.45) is 5.10 Å². The zero-order valence-electron chi connectivity index (χ0n) is 9.88. The summed E-state index contributed by atoms with van der Waals surface area (Å²) in [5.74, 6) is 1.52. The number of nitrogens with zero attached hydrogens (tertiary/aromatic N) is 6. The van der Waals surface area contributed by atoms with Crippen molar-refractivity contribution in [1.82, 2.24) is 24.7 Å². The first-order valence-electron chi connectivity index (χ1n) is 5.31. The van der Waals surface area contributed by atoms with Gasteiger partial charge >= 0.3 is 0 Å². The Morgan fingerprint density at radius 2 is 2.06 bits per heavy atom. The summed E-state index contributed by atoms with van der Waals surface area (Å²) in [6.07, 6.45) is 0. The minimum atomic E-state index is 0.650. The smallest absolute Gasteiger partial charge is 0.202 e. The van der Waals surface area contributed by atoms with Crippen molar-refractivity contribution in [1.29, 1.82) is 0 Å². The third kappa shape index (κ3) is 1.66. The van der Waals surface area contributed by atoms with E-state index in [9.17, 15) is 0 Å². The molecule has 0 saturated carbocycles. The molecule has 0 unspecified atom stereocenters. The van der Waals surface area contributed by atoms with Crippen LogP contribution in [-0.4, -0.2) is 36.1 Å². The number of hydrogen-bond donors (Lipinski definition) is 0. The van der Waals surface area contributed by atoms with E-state index < -0.39 is 0 Å². The van der Waals surface area contributed by atoms with Crippen molar-refractivity contribution in [3.05, 3.63) is 17.5 Å². The van der Waals surface area contributed by atoms with Crippen LogP contribution in [0.1, 0.15) is 18.3 Å². The van der Waals surface area contributed by atoms with Gasteiger partial charge in [0.2, 0.25) is 5.16 Å². The fourth-order valence-corrected chi connectivity index (χ4v) is 2.51. The zero-order chi connectivity index (χ0) is 12.0. The molecule has 1 aliphatic heterocycles. The molecule has 2 aromatic heterocycles. The normalized spacial score (nSPS) is 14.6. The first-order chi connectivity index (χ1) is 8.15. The highest BCUT2D eigenvalue weighted by molar-refractivity contribution is 7.99. The molecule has 0 aromatic carbocycles. The molecule has 0 atom stereocenters. The molecule has 0 saturated heterocycles. The third-order valence-corrected chi connectivity index (χ3v) is 3.55. The van der Waals surface area contributed by atoms with Gasteiger partial charge in [0.15, 0.2) is 0 Å². The van der Waals surface area contributed by atoms with E-state index in [1.54, 1.807) is 21.1 Å². The Morgan fingerprint density at radius 3 is 2.76 bits per heavy atom. The van der Waals surface area contributed by atoms with Crippen LogP contribution >= 0.6 is 11.8 Å². The standard InChI is InChI=1S/C10H12N6S/c1-6-4-8(3)15(13-6)9-11-12-10-16(9)14-7(2)5-17-10/h4H,5H2,1-3H3. The van der Waals surface area contributed by atoms with Crippen LogP contribution in [0.15, 0.2) is 16.3 Å². The highest BCUT2D eigenvalue weighted by atomic mass is 32.2. The van der Waals surface area contributed by atoms with Gasteiger partial charge in [-0.3, -0.25) is 0 Å². The topological polar surface area (TPSA) is 60.9 Å². The minimum Gasteiger partial charge on any atom is -0.202 e. The molecule has 17 heavy (non-hydrogen) atoms. The zero-order valence-corrected chi connectivity index (χ0v) is 10.7. The van der Waals surface area contributed by atoms with Gasteiger partial charge in [-0.1, -0.05) is 11.8 Å². The molecule has 88 valence electrons. The third-order valence-electron chi connectivity index (χ3n) is 2.48. The van der Waals surface area contributed by atoms with Crippen LogP contribution in [0.3, 0.4) is 0 Å². The Labute approximate surface area is 103 Å². The van der Waals surface area contributed by atoms with Crippen LogP contribution in [0.5, 0.6) is 0 Å². The molecule has 3 heterocycles. The summed E-state index contributed by atoms with van der Waals surface area (Å²) in [5, 5.41) is 18.0. The van der Waals surface area contributed by atoms with E-state index in [1.807, 2.05) is 26.8 Å². The lowest BCUT2D eigenvalue weighted by Crippen LogP contribution is -2.13. The molecule has 0 fully saturated rings. The average Bonchev–Trinajstić information content (AvgIpc) is 2.81. The van der Waals surface area contributed by atoms with Crippen molar-refractivity contribution in [3.8, 4) is 5.95 Å². The van der Waals surface area contributed by atoms with E-state index in [2.05, 4.69) is 20.4 Å². The van der Waals surface area contributed by atoms with Crippen molar-refractivity contribution in [2.45, 2.75) is 25.9 Å². The summed E-state index contributed by atoms with van der Waals surface area (Å²) in [6, 6.07) is 2.01. The highest BCUT2D eigenvalue weighted by Crippen LogP contribution is 2.23. The maximum absolute atomic E-state index is 4.46. The number of aromatic nitrogens is 5. The maximum atomic E-state index is 4.46. The number of hydrogen-bond acceptors (Lipinski definition) is 5. The van der Waals surface area contributed by atoms with Gasteiger partial charge < -0.3 is 0 Å². The number of rotatable bonds is 1. The van der Waals surface area contributed by atoms with Gasteiger partial charge in [-0.2, -0.15) is 14.9 Å². The fourth-order valence-electron chi connectivity index (χ4n) is 1.77. The van der Waals surface area contributed by atoms with Gasteiger partial charge in [0.25, 0.3) is 5.95 Å². The molecule has 3 rings (SSSR count). The summed E-state index contributed by atoms with van der Waals surface area (Å²) in [4.78, 5) is 0. The first kappa shape index (κ1) is 10.5. The molecule has 0 aliphatic carbocycles. The van der Waals surface area contributed by atoms with Gasteiger partial charge in [0.1, 0.15) is 0 Å². The summed E-state index contributed by atoms with van der Waals surface area (Å²) < 4.78 is 3.53. The lowest BCUT2D eigenvalue weighted by atomic mass is 10.4. The number of fused-ring (bicyclic) bond motifs is 1. The molecule has 1 aliphatic rings. The van der Waals surface area contributed by atoms with Crippen LogP contribution in [0.25, 0.3) is 5.95 Å². The highest BCUT2D eigenvalue weighted by Gasteiger charge is 2.19. The van der Waals surface area contributed by atoms with Gasteiger partial charge in [-0.15, -0.1) is 10.2 Å². The van der Waals surface area contributed by atoms with Gasteiger partial charge in [0, 0.05) is 17.2 Å². The van der Waals surface area contributed by atoms with Crippen molar-refractivity contribution in [2.75, 3.05) is 5.75 Å². The predicted octanol–water partition coefficient (Wildman–Crippen LogP) is 1.41. The molecule has 0 bridgehead atoms. The number of aryl methyl sites for hydroxylation is 2. The second kappa shape index (κ2) is 3.69.